The number of nitrogens with zero attached hydrogens (tertiary/aromatic N) is 5. The molecule has 1 atom stereocenters. The van der Waals surface area contributed by atoms with Gasteiger partial charge in [0.25, 0.3) is 0 Å². The minimum atomic E-state index is -0.775. The number of carboxylic acids is 1. The van der Waals surface area contributed by atoms with Crippen molar-refractivity contribution in [1.82, 2.24) is 29.9 Å². The van der Waals surface area contributed by atoms with Crippen molar-refractivity contribution >= 4 is 17.0 Å². The van der Waals surface area contributed by atoms with E-state index < -0.39 is 23.1 Å². The molecule has 4 aromatic rings. The van der Waals surface area contributed by atoms with Crippen LogP contribution in [-0.4, -0.2) is 41.0 Å². The molecular formula is C24H21FN6O2. The van der Waals surface area contributed by atoms with Gasteiger partial charge in [0.15, 0.2) is 5.82 Å². The number of H-pyrrole nitrogens is 1. The van der Waals surface area contributed by atoms with Crippen LogP contribution in [-0.2, 0) is 10.2 Å². The molecule has 3 fully saturated rings. The molecule has 4 aromatic heterocycles. The van der Waals surface area contributed by atoms with Crippen LogP contribution >= 0.6 is 0 Å². The van der Waals surface area contributed by atoms with Crippen molar-refractivity contribution in [3.8, 4) is 22.6 Å². The van der Waals surface area contributed by atoms with Gasteiger partial charge in [-0.25, -0.2) is 29.3 Å². The molecule has 2 N–H and O–H groups in total. The quantitative estimate of drug-likeness (QED) is 0.485. The van der Waals surface area contributed by atoms with Gasteiger partial charge in [-0.05, 0) is 50.2 Å². The molecule has 0 saturated heterocycles. The summed E-state index contributed by atoms with van der Waals surface area (Å²) in [6, 6.07) is 3.29. The van der Waals surface area contributed by atoms with E-state index in [0.717, 1.165) is 37.6 Å². The third-order valence-corrected chi connectivity index (χ3v) is 7.36. The van der Waals surface area contributed by atoms with Crippen LogP contribution in [0.4, 0.5) is 4.39 Å². The summed E-state index contributed by atoms with van der Waals surface area (Å²) in [4.78, 5) is 37.4. The van der Waals surface area contributed by atoms with Crippen LogP contribution in [0.1, 0.15) is 37.8 Å². The second-order valence-corrected chi connectivity index (χ2v) is 9.07. The maximum atomic E-state index is 14.0. The van der Waals surface area contributed by atoms with Crippen LogP contribution in [0.15, 0.2) is 43.2 Å². The predicted octanol–water partition coefficient (Wildman–Crippen LogP) is 4.15. The number of aliphatic carboxylic acids is 1. The normalized spacial score (nSPS) is 24.3. The van der Waals surface area contributed by atoms with E-state index in [-0.39, 0.29) is 0 Å². The van der Waals surface area contributed by atoms with Crippen LogP contribution in [0.3, 0.4) is 0 Å². The number of carbonyl (C=O) groups is 1. The first-order valence-electron chi connectivity index (χ1n) is 11.0. The summed E-state index contributed by atoms with van der Waals surface area (Å²) in [5.41, 5.74) is 2.63. The Labute approximate surface area is 188 Å². The summed E-state index contributed by atoms with van der Waals surface area (Å²) in [5.74, 6) is -0.862. The molecule has 7 rings (SSSR count). The first-order valence-corrected chi connectivity index (χ1v) is 11.0. The van der Waals surface area contributed by atoms with Gasteiger partial charge in [-0.1, -0.05) is 0 Å². The standard InChI is InChI=1S/C24H21FN6O2/c25-15-6-16-17(11-29-21(16)28-10-15)22-30-19(14-8-26-12-27-9-14)7-20(31-22)24-3-1-13(2-4-24)5-18(24)23(32)33/h6-13,18H,1-5H2,(H,28,29)(H,32,33). The van der Waals surface area contributed by atoms with E-state index in [1.165, 1.54) is 12.4 Å². The van der Waals surface area contributed by atoms with Crippen LogP contribution < -0.4 is 0 Å². The van der Waals surface area contributed by atoms with Gasteiger partial charge in [-0.2, -0.15) is 0 Å². The number of rotatable bonds is 4. The van der Waals surface area contributed by atoms with Gasteiger partial charge in [0.1, 0.15) is 17.8 Å². The van der Waals surface area contributed by atoms with Crippen LogP contribution in [0.5, 0.6) is 0 Å². The fourth-order valence-corrected chi connectivity index (χ4v) is 5.67. The number of halogens is 1. The zero-order valence-electron chi connectivity index (χ0n) is 17.7. The number of carboxylic acid groups (broad SMARTS) is 1. The highest BCUT2D eigenvalue weighted by molar-refractivity contribution is 5.91. The first kappa shape index (κ1) is 19.9. The molecule has 33 heavy (non-hydrogen) atoms. The molecule has 1 unspecified atom stereocenters. The smallest absolute Gasteiger partial charge is 0.307 e. The van der Waals surface area contributed by atoms with Crippen molar-refractivity contribution in [2.75, 3.05) is 0 Å². The van der Waals surface area contributed by atoms with Gasteiger partial charge < -0.3 is 10.1 Å². The summed E-state index contributed by atoms with van der Waals surface area (Å²) < 4.78 is 14.0. The number of fused-ring (bicyclic) bond motifs is 4. The lowest BCUT2D eigenvalue weighted by Gasteiger charge is -2.50. The van der Waals surface area contributed by atoms with E-state index in [9.17, 15) is 14.3 Å². The van der Waals surface area contributed by atoms with E-state index in [1.807, 2.05) is 6.07 Å². The van der Waals surface area contributed by atoms with E-state index in [1.54, 1.807) is 18.6 Å². The molecule has 0 aliphatic heterocycles. The van der Waals surface area contributed by atoms with Crippen molar-refractivity contribution < 1.29 is 14.3 Å². The highest BCUT2D eigenvalue weighted by Gasteiger charge is 2.53. The summed E-state index contributed by atoms with van der Waals surface area (Å²) >= 11 is 0. The predicted molar refractivity (Wildman–Crippen MR) is 117 cm³/mol. The van der Waals surface area contributed by atoms with E-state index >= 15 is 0 Å². The van der Waals surface area contributed by atoms with E-state index in [2.05, 4.69) is 19.9 Å². The van der Waals surface area contributed by atoms with E-state index in [4.69, 9.17) is 9.97 Å². The molecule has 3 saturated carbocycles. The molecule has 4 heterocycles. The lowest BCUT2D eigenvalue weighted by molar-refractivity contribution is -0.149. The first-order chi connectivity index (χ1) is 16.0. The van der Waals surface area contributed by atoms with Crippen molar-refractivity contribution in [3.05, 3.63) is 54.8 Å². The van der Waals surface area contributed by atoms with Crippen LogP contribution in [0.2, 0.25) is 0 Å². The highest BCUT2D eigenvalue weighted by Crippen LogP contribution is 2.55. The monoisotopic (exact) mass is 444 g/mol. The van der Waals surface area contributed by atoms with Crippen LogP contribution in [0.25, 0.3) is 33.7 Å². The maximum absolute atomic E-state index is 14.0. The zero-order valence-corrected chi connectivity index (χ0v) is 17.7. The fraction of sp³-hybridized carbons (Fsp3) is 0.333. The zero-order chi connectivity index (χ0) is 22.6. The molecule has 8 nitrogen and oxygen atoms in total. The molecule has 3 aliphatic carbocycles. The SMILES string of the molecule is O=C(O)C1CC2CCC1(c1cc(-c3cncnc3)nc(-c3c[nH]c4ncc(F)cc34)n1)CC2. The third-order valence-electron chi connectivity index (χ3n) is 7.36. The van der Waals surface area contributed by atoms with Crippen molar-refractivity contribution in [3.63, 3.8) is 0 Å². The maximum Gasteiger partial charge on any atom is 0.307 e. The van der Waals surface area contributed by atoms with Gasteiger partial charge in [-0.15, -0.1) is 0 Å². The molecule has 3 aliphatic rings. The van der Waals surface area contributed by atoms with Gasteiger partial charge >= 0.3 is 5.97 Å². The molecule has 0 amide bonds. The number of nitrogens with one attached hydrogen (secondary N) is 1. The Hall–Kier alpha value is -3.75. The van der Waals surface area contributed by atoms with Crippen molar-refractivity contribution in [2.24, 2.45) is 11.8 Å². The fourth-order valence-electron chi connectivity index (χ4n) is 5.67. The summed E-state index contributed by atoms with van der Waals surface area (Å²) in [6.07, 6.45) is 11.9. The Morgan fingerprint density at radius 2 is 1.91 bits per heavy atom. The second-order valence-electron chi connectivity index (χ2n) is 9.07. The highest BCUT2D eigenvalue weighted by atomic mass is 19.1. The molecule has 0 aromatic carbocycles. The van der Waals surface area contributed by atoms with Gasteiger partial charge in [0.05, 0.1) is 23.5 Å². The lowest BCUT2D eigenvalue weighted by atomic mass is 9.53. The Kier molecular flexibility index (Phi) is 4.46. The number of aromatic amines is 1. The summed E-state index contributed by atoms with van der Waals surface area (Å²) in [7, 11) is 0. The summed E-state index contributed by atoms with van der Waals surface area (Å²) in [6.45, 7) is 0. The third kappa shape index (κ3) is 3.18. The Morgan fingerprint density at radius 3 is 2.67 bits per heavy atom. The second kappa shape index (κ2) is 7.40. The minimum absolute atomic E-state index is 0.399. The van der Waals surface area contributed by atoms with Gasteiger partial charge in [0.2, 0.25) is 0 Å². The summed E-state index contributed by atoms with van der Waals surface area (Å²) in [5, 5.41) is 10.7. The Bertz CT molecular complexity index is 1360. The number of aromatic nitrogens is 6. The minimum Gasteiger partial charge on any atom is -0.481 e. The molecule has 0 radical (unpaired) electrons. The lowest BCUT2D eigenvalue weighted by Crippen LogP contribution is -2.49. The van der Waals surface area contributed by atoms with Gasteiger partial charge in [-0.3, -0.25) is 4.79 Å². The molecule has 2 bridgehead atoms. The average Bonchev–Trinajstić information content (AvgIpc) is 3.28. The van der Waals surface area contributed by atoms with Crippen molar-refractivity contribution in [2.45, 2.75) is 37.5 Å². The van der Waals surface area contributed by atoms with Crippen LogP contribution in [0, 0.1) is 17.7 Å². The Balaban J connectivity index is 1.59. The van der Waals surface area contributed by atoms with E-state index in [0.29, 0.717) is 46.0 Å². The molecular weight excluding hydrogens is 423 g/mol. The van der Waals surface area contributed by atoms with Gasteiger partial charge in [0, 0.05) is 40.5 Å². The number of hydrogen-bond donors (Lipinski definition) is 2. The number of pyridine rings is 1. The number of hydrogen-bond acceptors (Lipinski definition) is 6. The molecule has 0 spiro atoms. The molecule has 9 heteroatoms. The average molecular weight is 444 g/mol. The van der Waals surface area contributed by atoms with Crippen molar-refractivity contribution in [1.29, 1.82) is 0 Å². The largest absolute Gasteiger partial charge is 0.481 e. The topological polar surface area (TPSA) is 118 Å². The Morgan fingerprint density at radius 1 is 1.12 bits per heavy atom. The molecule has 166 valence electrons.